The summed E-state index contributed by atoms with van der Waals surface area (Å²) in [6.45, 7) is 0. The van der Waals surface area contributed by atoms with E-state index in [2.05, 4.69) is 0 Å². The minimum atomic E-state index is -0.860. The van der Waals surface area contributed by atoms with Crippen molar-refractivity contribution in [2.24, 2.45) is 0 Å². The Morgan fingerprint density at radius 1 is 1.31 bits per heavy atom. The quantitative estimate of drug-likeness (QED) is 0.735. The van der Waals surface area contributed by atoms with Gasteiger partial charge in [-0.2, -0.15) is 10.5 Å². The molecule has 0 aromatic heterocycles. The molecule has 0 bridgehead atoms. The van der Waals surface area contributed by atoms with E-state index >= 15 is 0 Å². The summed E-state index contributed by atoms with van der Waals surface area (Å²) >= 11 is 0. The van der Waals surface area contributed by atoms with Crippen molar-refractivity contribution < 1.29 is 5.11 Å². The lowest BCUT2D eigenvalue weighted by Crippen LogP contribution is -1.98. The van der Waals surface area contributed by atoms with Gasteiger partial charge in [-0.3, -0.25) is 0 Å². The maximum atomic E-state index is 9.46. The summed E-state index contributed by atoms with van der Waals surface area (Å²) in [4.78, 5) is 0. The third kappa shape index (κ3) is 2.05. The summed E-state index contributed by atoms with van der Waals surface area (Å²) in [6.07, 6.45) is -0.848. The van der Waals surface area contributed by atoms with E-state index in [0.717, 1.165) is 0 Å². The van der Waals surface area contributed by atoms with Crippen LogP contribution >= 0.6 is 0 Å². The van der Waals surface area contributed by atoms with Crippen LogP contribution in [0.4, 0.5) is 0 Å². The third-order valence-electron chi connectivity index (χ3n) is 1.72. The first kappa shape index (κ1) is 9.25. The topological polar surface area (TPSA) is 67.8 Å². The van der Waals surface area contributed by atoms with Crippen LogP contribution in [0.15, 0.2) is 24.3 Å². The minimum Gasteiger partial charge on any atom is -0.387 e. The molecule has 1 aromatic rings. The van der Waals surface area contributed by atoms with E-state index in [9.17, 15) is 5.11 Å². The van der Waals surface area contributed by atoms with Gasteiger partial charge in [-0.1, -0.05) is 18.2 Å². The second-order valence-corrected chi connectivity index (χ2v) is 2.58. The SMILES string of the molecule is N#CCC(O)c1ccccc1C#N. The summed E-state index contributed by atoms with van der Waals surface area (Å²) in [6, 6.07) is 10.6. The van der Waals surface area contributed by atoms with Crippen LogP contribution in [0, 0.1) is 22.7 Å². The fraction of sp³-hybridized carbons (Fsp3) is 0.200. The van der Waals surface area contributed by atoms with Crippen LogP contribution in [0.2, 0.25) is 0 Å². The Balaban J connectivity index is 3.02. The molecule has 13 heavy (non-hydrogen) atoms. The number of aliphatic hydroxyl groups is 1. The van der Waals surface area contributed by atoms with Crippen molar-refractivity contribution >= 4 is 0 Å². The molecule has 1 atom stereocenters. The highest BCUT2D eigenvalue weighted by molar-refractivity contribution is 5.38. The Hall–Kier alpha value is -1.84. The number of nitriles is 2. The lowest BCUT2D eigenvalue weighted by molar-refractivity contribution is 0.183. The van der Waals surface area contributed by atoms with Gasteiger partial charge in [0, 0.05) is 0 Å². The van der Waals surface area contributed by atoms with Crippen molar-refractivity contribution in [3.63, 3.8) is 0 Å². The van der Waals surface area contributed by atoms with Gasteiger partial charge < -0.3 is 5.11 Å². The Kier molecular flexibility index (Phi) is 3.03. The average molecular weight is 172 g/mol. The molecule has 0 amide bonds. The van der Waals surface area contributed by atoms with Crippen molar-refractivity contribution in [1.29, 1.82) is 10.5 Å². The number of rotatable bonds is 2. The molecular weight excluding hydrogens is 164 g/mol. The average Bonchev–Trinajstić information content (AvgIpc) is 2.18. The summed E-state index contributed by atoms with van der Waals surface area (Å²) in [5.41, 5.74) is 0.941. The number of aliphatic hydroxyl groups excluding tert-OH is 1. The standard InChI is InChI=1S/C10H8N2O/c11-6-5-10(13)9-4-2-1-3-8(9)7-12/h1-4,10,13H,5H2. The van der Waals surface area contributed by atoms with Crippen LogP contribution in [0.1, 0.15) is 23.7 Å². The van der Waals surface area contributed by atoms with Gasteiger partial charge in [-0.05, 0) is 11.6 Å². The second-order valence-electron chi connectivity index (χ2n) is 2.58. The molecule has 0 radical (unpaired) electrons. The zero-order valence-corrected chi connectivity index (χ0v) is 6.94. The predicted octanol–water partition coefficient (Wildman–Crippen LogP) is 1.51. The highest BCUT2D eigenvalue weighted by atomic mass is 16.3. The summed E-state index contributed by atoms with van der Waals surface area (Å²) in [7, 11) is 0. The van der Waals surface area contributed by atoms with E-state index in [1.54, 1.807) is 24.3 Å². The zero-order valence-electron chi connectivity index (χ0n) is 6.94. The van der Waals surface area contributed by atoms with Crippen molar-refractivity contribution in [3.8, 4) is 12.1 Å². The largest absolute Gasteiger partial charge is 0.387 e. The van der Waals surface area contributed by atoms with Crippen molar-refractivity contribution in [3.05, 3.63) is 35.4 Å². The molecule has 0 saturated heterocycles. The van der Waals surface area contributed by atoms with Gasteiger partial charge in [0.1, 0.15) is 0 Å². The molecule has 1 N–H and O–H groups in total. The molecule has 1 aromatic carbocycles. The molecule has 0 fully saturated rings. The van der Waals surface area contributed by atoms with Crippen molar-refractivity contribution in [2.45, 2.75) is 12.5 Å². The van der Waals surface area contributed by atoms with Crippen molar-refractivity contribution in [2.75, 3.05) is 0 Å². The fourth-order valence-electron chi connectivity index (χ4n) is 1.09. The maximum absolute atomic E-state index is 9.46. The van der Waals surface area contributed by atoms with Crippen LogP contribution in [0.25, 0.3) is 0 Å². The molecule has 3 nitrogen and oxygen atoms in total. The van der Waals surface area contributed by atoms with E-state index < -0.39 is 6.10 Å². The molecule has 0 spiro atoms. The Morgan fingerprint density at radius 2 is 2.00 bits per heavy atom. The molecule has 3 heteroatoms. The highest BCUT2D eigenvalue weighted by Gasteiger charge is 2.10. The van der Waals surface area contributed by atoms with Gasteiger partial charge in [0.25, 0.3) is 0 Å². The maximum Gasteiger partial charge on any atom is 0.0995 e. The van der Waals surface area contributed by atoms with Gasteiger partial charge in [-0.15, -0.1) is 0 Å². The van der Waals surface area contributed by atoms with Gasteiger partial charge in [-0.25, -0.2) is 0 Å². The Bertz CT molecular complexity index is 373. The lowest BCUT2D eigenvalue weighted by Gasteiger charge is -2.07. The smallest absolute Gasteiger partial charge is 0.0995 e. The van der Waals surface area contributed by atoms with Crippen LogP contribution in [0.5, 0.6) is 0 Å². The number of nitrogens with zero attached hydrogens (tertiary/aromatic N) is 2. The predicted molar refractivity (Wildman–Crippen MR) is 46.3 cm³/mol. The number of hydrogen-bond acceptors (Lipinski definition) is 3. The van der Waals surface area contributed by atoms with E-state index in [1.165, 1.54) is 0 Å². The van der Waals surface area contributed by atoms with E-state index in [4.69, 9.17) is 10.5 Å². The second kappa shape index (κ2) is 4.25. The van der Waals surface area contributed by atoms with Crippen LogP contribution < -0.4 is 0 Å². The van der Waals surface area contributed by atoms with Crippen LogP contribution in [0.3, 0.4) is 0 Å². The van der Waals surface area contributed by atoms with Crippen LogP contribution in [-0.4, -0.2) is 5.11 Å². The van der Waals surface area contributed by atoms with E-state index in [-0.39, 0.29) is 6.42 Å². The highest BCUT2D eigenvalue weighted by Crippen LogP contribution is 2.19. The van der Waals surface area contributed by atoms with Gasteiger partial charge >= 0.3 is 0 Å². The van der Waals surface area contributed by atoms with Gasteiger partial charge in [0.05, 0.1) is 30.2 Å². The molecule has 0 aliphatic heterocycles. The summed E-state index contributed by atoms with van der Waals surface area (Å²) in [5.74, 6) is 0. The first-order chi connectivity index (χ1) is 6.29. The van der Waals surface area contributed by atoms with Crippen LogP contribution in [-0.2, 0) is 0 Å². The third-order valence-corrected chi connectivity index (χ3v) is 1.72. The summed E-state index contributed by atoms with van der Waals surface area (Å²) < 4.78 is 0. The molecule has 0 saturated carbocycles. The van der Waals surface area contributed by atoms with E-state index in [1.807, 2.05) is 12.1 Å². The molecule has 0 aliphatic rings. The number of benzene rings is 1. The molecule has 0 aliphatic carbocycles. The summed E-state index contributed by atoms with van der Waals surface area (Å²) in [5, 5.41) is 26.5. The van der Waals surface area contributed by atoms with Gasteiger partial charge in [0.15, 0.2) is 0 Å². The molecular formula is C10H8N2O. The molecule has 0 heterocycles. The normalized spacial score (nSPS) is 11.3. The number of hydrogen-bond donors (Lipinski definition) is 1. The molecule has 1 unspecified atom stereocenters. The Morgan fingerprint density at radius 3 is 2.62 bits per heavy atom. The molecule has 64 valence electrons. The Labute approximate surface area is 76.5 Å². The minimum absolute atomic E-state index is 0.0126. The zero-order chi connectivity index (χ0) is 9.68. The van der Waals surface area contributed by atoms with Crippen molar-refractivity contribution in [1.82, 2.24) is 0 Å². The van der Waals surface area contributed by atoms with Gasteiger partial charge in [0.2, 0.25) is 0 Å². The first-order valence-corrected chi connectivity index (χ1v) is 3.83. The monoisotopic (exact) mass is 172 g/mol. The van der Waals surface area contributed by atoms with E-state index in [0.29, 0.717) is 11.1 Å². The molecule has 1 rings (SSSR count). The lowest BCUT2D eigenvalue weighted by atomic mass is 10.0. The first-order valence-electron chi connectivity index (χ1n) is 3.83. The fourth-order valence-corrected chi connectivity index (χ4v) is 1.09.